The van der Waals surface area contributed by atoms with Crippen LogP contribution in [-0.2, 0) is 9.53 Å². The van der Waals surface area contributed by atoms with E-state index in [1.165, 1.54) is 37.4 Å². The van der Waals surface area contributed by atoms with Crippen LogP contribution in [0.4, 0.5) is 20.5 Å². The number of carbonyl (C=O) groups excluding carboxylic acids is 2. The number of methoxy groups -OCH3 is 1. The largest absolute Gasteiger partial charge is 0.465 e. The van der Waals surface area contributed by atoms with Crippen LogP contribution in [0.5, 0.6) is 0 Å². The molecule has 1 atom stereocenters. The van der Waals surface area contributed by atoms with Crippen LogP contribution in [0.3, 0.4) is 0 Å². The summed E-state index contributed by atoms with van der Waals surface area (Å²) in [7, 11) is 1.20. The van der Waals surface area contributed by atoms with E-state index in [2.05, 4.69) is 30.7 Å². The van der Waals surface area contributed by atoms with Crippen LogP contribution in [0.1, 0.15) is 28.9 Å². The van der Waals surface area contributed by atoms with E-state index in [9.17, 15) is 18.4 Å². The number of carbonyl (C=O) groups is 2. The smallest absolute Gasteiger partial charge is 0.337 e. The highest BCUT2D eigenvalue weighted by Gasteiger charge is 2.31. The highest BCUT2D eigenvalue weighted by molar-refractivity contribution is 6.31. The summed E-state index contributed by atoms with van der Waals surface area (Å²) in [5, 5.41) is 8.75. The zero-order valence-corrected chi connectivity index (χ0v) is 21.3. The lowest BCUT2D eigenvalue weighted by Crippen LogP contribution is -2.37. The average molecular weight is 552 g/mol. The number of allylic oxidation sites excluding steroid dienone is 1. The van der Waals surface area contributed by atoms with Gasteiger partial charge in [-0.05, 0) is 43.3 Å². The topological polar surface area (TPSA) is 118 Å². The quantitative estimate of drug-likeness (QED) is 0.277. The number of aliphatic imine (C=N–C) groups is 1. The van der Waals surface area contributed by atoms with Crippen molar-refractivity contribution in [2.75, 3.05) is 17.7 Å². The normalized spacial score (nSPS) is 15.0. The average Bonchev–Trinajstić information content (AvgIpc) is 3.30. The van der Waals surface area contributed by atoms with Gasteiger partial charge in [-0.25, -0.2) is 18.6 Å². The van der Waals surface area contributed by atoms with Gasteiger partial charge in [-0.3, -0.25) is 10.1 Å². The number of benzene rings is 3. The summed E-state index contributed by atoms with van der Waals surface area (Å²) in [5.74, 6) is -2.40. The van der Waals surface area contributed by atoms with Crippen molar-refractivity contribution in [3.8, 4) is 0 Å². The molecular weight excluding hydrogens is 532 g/mol. The number of oxazole rings is 1. The van der Waals surface area contributed by atoms with E-state index in [1.807, 2.05) is 0 Å². The van der Waals surface area contributed by atoms with Gasteiger partial charge in [0.15, 0.2) is 5.58 Å². The molecule has 9 nitrogen and oxygen atoms in total. The van der Waals surface area contributed by atoms with Gasteiger partial charge in [0.2, 0.25) is 5.96 Å². The first-order valence-electron chi connectivity index (χ1n) is 11.6. The van der Waals surface area contributed by atoms with Crippen LogP contribution in [0.2, 0.25) is 5.02 Å². The van der Waals surface area contributed by atoms with Crippen molar-refractivity contribution in [2.45, 2.75) is 13.0 Å². The Kier molecular flexibility index (Phi) is 6.99. The van der Waals surface area contributed by atoms with Crippen molar-refractivity contribution >= 4 is 52.2 Å². The molecule has 0 spiro atoms. The fourth-order valence-corrected chi connectivity index (χ4v) is 4.30. The highest BCUT2D eigenvalue weighted by Crippen LogP contribution is 2.36. The van der Waals surface area contributed by atoms with Crippen LogP contribution in [0.15, 0.2) is 81.3 Å². The maximum atomic E-state index is 14.6. The SMILES string of the molecule is COC(=O)c1ccc(F)c(NC(=O)C2=C(C)NC(Nc3nc4ccc(F)cc4o3)=NC2c2ccccc2Cl)c1. The van der Waals surface area contributed by atoms with Crippen molar-refractivity contribution in [1.29, 1.82) is 0 Å². The first kappa shape index (κ1) is 25.9. The third-order valence-electron chi connectivity index (χ3n) is 5.90. The summed E-state index contributed by atoms with van der Waals surface area (Å²) >= 11 is 6.47. The predicted molar refractivity (Wildman–Crippen MR) is 141 cm³/mol. The van der Waals surface area contributed by atoms with E-state index >= 15 is 0 Å². The molecule has 2 heterocycles. The number of anilines is 2. The van der Waals surface area contributed by atoms with Gasteiger partial charge in [0, 0.05) is 22.3 Å². The van der Waals surface area contributed by atoms with E-state index in [0.717, 1.165) is 6.07 Å². The Bertz CT molecular complexity index is 1680. The molecule has 0 aliphatic carbocycles. The molecule has 3 aromatic carbocycles. The first-order chi connectivity index (χ1) is 18.7. The Hall–Kier alpha value is -4.77. The molecule has 12 heteroatoms. The molecule has 1 aliphatic rings. The van der Waals surface area contributed by atoms with Gasteiger partial charge in [-0.15, -0.1) is 0 Å². The second-order valence-electron chi connectivity index (χ2n) is 8.46. The molecule has 198 valence electrons. The van der Waals surface area contributed by atoms with Crippen LogP contribution < -0.4 is 16.0 Å². The number of rotatable bonds is 5. The lowest BCUT2D eigenvalue weighted by molar-refractivity contribution is -0.113. The maximum absolute atomic E-state index is 14.6. The van der Waals surface area contributed by atoms with Gasteiger partial charge in [-0.2, -0.15) is 4.98 Å². The van der Waals surface area contributed by atoms with Crippen molar-refractivity contribution in [3.63, 3.8) is 0 Å². The van der Waals surface area contributed by atoms with E-state index in [-0.39, 0.29) is 34.4 Å². The molecule has 1 unspecified atom stereocenters. The van der Waals surface area contributed by atoms with E-state index in [1.54, 1.807) is 31.2 Å². The number of hydrogen-bond acceptors (Lipinski definition) is 8. The molecule has 0 fully saturated rings. The minimum atomic E-state index is -0.920. The molecule has 0 saturated heterocycles. The molecule has 1 amide bonds. The molecule has 0 saturated carbocycles. The minimum Gasteiger partial charge on any atom is -0.465 e. The van der Waals surface area contributed by atoms with Gasteiger partial charge in [0.1, 0.15) is 23.2 Å². The number of amides is 1. The Labute approximate surface area is 225 Å². The Morgan fingerprint density at radius 3 is 2.67 bits per heavy atom. The Balaban J connectivity index is 1.49. The molecule has 4 aromatic rings. The second-order valence-corrected chi connectivity index (χ2v) is 8.87. The third-order valence-corrected chi connectivity index (χ3v) is 6.24. The molecule has 0 radical (unpaired) electrons. The minimum absolute atomic E-state index is 0.0437. The van der Waals surface area contributed by atoms with Gasteiger partial charge in [0.05, 0.1) is 23.9 Å². The predicted octanol–water partition coefficient (Wildman–Crippen LogP) is 5.57. The van der Waals surface area contributed by atoms with E-state index in [4.69, 9.17) is 16.0 Å². The summed E-state index contributed by atoms with van der Waals surface area (Å²) in [6, 6.07) is 13.4. The highest BCUT2D eigenvalue weighted by atomic mass is 35.5. The molecule has 39 heavy (non-hydrogen) atoms. The van der Waals surface area contributed by atoms with Gasteiger partial charge < -0.3 is 19.8 Å². The Morgan fingerprint density at radius 2 is 1.90 bits per heavy atom. The number of halogens is 3. The molecule has 5 rings (SSSR count). The van der Waals surface area contributed by atoms with Crippen LogP contribution in [0.25, 0.3) is 11.1 Å². The summed E-state index contributed by atoms with van der Waals surface area (Å²) in [6.07, 6.45) is 0. The third kappa shape index (κ3) is 5.30. The molecule has 1 aromatic heterocycles. The van der Waals surface area contributed by atoms with Crippen LogP contribution >= 0.6 is 11.6 Å². The lowest BCUT2D eigenvalue weighted by Gasteiger charge is -2.27. The lowest BCUT2D eigenvalue weighted by atomic mass is 9.95. The number of fused-ring (bicyclic) bond motifs is 1. The number of ether oxygens (including phenoxy) is 1. The molecule has 3 N–H and O–H groups in total. The summed E-state index contributed by atoms with van der Waals surface area (Å²) in [6.45, 7) is 1.64. The maximum Gasteiger partial charge on any atom is 0.337 e. The number of hydrogen-bond donors (Lipinski definition) is 3. The molecule has 1 aliphatic heterocycles. The summed E-state index contributed by atoms with van der Waals surface area (Å²) in [4.78, 5) is 34.3. The van der Waals surface area contributed by atoms with Crippen LogP contribution in [0, 0.1) is 11.6 Å². The standard InChI is InChI=1S/C27H20ClF2N5O4/c1-13-22(24(36)32-20-11-14(25(37)38-2)7-9-18(20)30)23(16-5-3-4-6-17(16)28)34-26(31-13)35-27-33-19-10-8-15(29)12-21(19)39-27/h3-12,23H,1-2H3,(H,32,36)(H2,31,33,34,35). The second kappa shape index (κ2) is 10.5. The van der Waals surface area contributed by atoms with E-state index < -0.39 is 29.6 Å². The van der Waals surface area contributed by atoms with Gasteiger partial charge >= 0.3 is 12.0 Å². The molecular formula is C27H20ClF2N5O4. The number of nitrogens with zero attached hydrogens (tertiary/aromatic N) is 2. The first-order valence-corrected chi connectivity index (χ1v) is 11.9. The van der Waals surface area contributed by atoms with Crippen molar-refractivity contribution < 1.29 is 27.5 Å². The number of esters is 1. The Morgan fingerprint density at radius 1 is 1.10 bits per heavy atom. The number of guanidine groups is 1. The number of nitrogens with one attached hydrogen (secondary N) is 3. The van der Waals surface area contributed by atoms with Gasteiger partial charge in [0.25, 0.3) is 5.91 Å². The van der Waals surface area contributed by atoms with Crippen molar-refractivity contribution in [1.82, 2.24) is 10.3 Å². The zero-order chi connectivity index (χ0) is 27.7. The fraction of sp³-hybridized carbons (Fsp3) is 0.111. The zero-order valence-electron chi connectivity index (χ0n) is 20.5. The molecule has 0 bridgehead atoms. The summed E-state index contributed by atoms with van der Waals surface area (Å²) < 4.78 is 38.4. The van der Waals surface area contributed by atoms with E-state index in [0.29, 0.717) is 21.8 Å². The fourth-order valence-electron chi connectivity index (χ4n) is 4.06. The number of aromatic nitrogens is 1. The van der Waals surface area contributed by atoms with Crippen molar-refractivity contribution in [2.24, 2.45) is 4.99 Å². The van der Waals surface area contributed by atoms with Crippen LogP contribution in [-0.4, -0.2) is 29.9 Å². The monoisotopic (exact) mass is 551 g/mol. The van der Waals surface area contributed by atoms with Crippen molar-refractivity contribution in [3.05, 3.63) is 99.7 Å². The summed E-state index contributed by atoms with van der Waals surface area (Å²) in [5.41, 5.74) is 1.55. The van der Waals surface area contributed by atoms with Gasteiger partial charge in [-0.1, -0.05) is 29.8 Å².